The van der Waals surface area contributed by atoms with Crippen LogP contribution in [0.4, 0.5) is 0 Å². The van der Waals surface area contributed by atoms with Gasteiger partial charge >= 0.3 is 0 Å². The Hall–Kier alpha value is -0.640. The summed E-state index contributed by atoms with van der Waals surface area (Å²) in [5.41, 5.74) is 0.201. The molecule has 1 aromatic heterocycles. The van der Waals surface area contributed by atoms with E-state index >= 15 is 0 Å². The zero-order valence-corrected chi connectivity index (χ0v) is 9.65. The molecule has 0 bridgehead atoms. The molecule has 2 rings (SSSR count). The highest BCUT2D eigenvalue weighted by Gasteiger charge is 2.30. The van der Waals surface area contributed by atoms with Crippen molar-refractivity contribution < 1.29 is 0 Å². The van der Waals surface area contributed by atoms with E-state index < -0.39 is 0 Å². The fourth-order valence-corrected chi connectivity index (χ4v) is 2.95. The lowest BCUT2D eigenvalue weighted by Gasteiger charge is -2.35. The van der Waals surface area contributed by atoms with E-state index in [1.807, 2.05) is 6.92 Å². The molecule has 1 aliphatic carbocycles. The lowest BCUT2D eigenvalue weighted by atomic mass is 9.83. The molecule has 0 saturated heterocycles. The van der Waals surface area contributed by atoms with Gasteiger partial charge in [-0.25, -0.2) is 0 Å². The standard InChI is InChI=1S/C10H17N3S/c1-8-11-12-9(14)13(8)10(2)6-4-3-5-7-10/h3-7H2,1-2H3,(H,12,14). The second-order valence-electron chi connectivity index (χ2n) is 4.47. The summed E-state index contributed by atoms with van der Waals surface area (Å²) in [7, 11) is 0. The minimum Gasteiger partial charge on any atom is -0.298 e. The highest BCUT2D eigenvalue weighted by Crippen LogP contribution is 2.35. The van der Waals surface area contributed by atoms with Crippen molar-refractivity contribution in [2.24, 2.45) is 0 Å². The minimum atomic E-state index is 0.201. The predicted molar refractivity (Wildman–Crippen MR) is 58.9 cm³/mol. The average molecular weight is 211 g/mol. The molecular formula is C10H17N3S. The van der Waals surface area contributed by atoms with Crippen molar-refractivity contribution in [2.45, 2.75) is 51.5 Å². The maximum atomic E-state index is 5.27. The number of hydrogen-bond donors (Lipinski definition) is 1. The minimum absolute atomic E-state index is 0.201. The number of rotatable bonds is 1. The Morgan fingerprint density at radius 1 is 1.36 bits per heavy atom. The van der Waals surface area contributed by atoms with Crippen LogP contribution in [0, 0.1) is 11.7 Å². The highest BCUT2D eigenvalue weighted by atomic mass is 32.1. The maximum absolute atomic E-state index is 5.27. The molecule has 14 heavy (non-hydrogen) atoms. The van der Waals surface area contributed by atoms with E-state index in [0.29, 0.717) is 0 Å². The predicted octanol–water partition coefficient (Wildman–Crippen LogP) is 2.93. The fourth-order valence-electron chi connectivity index (χ4n) is 2.55. The van der Waals surface area contributed by atoms with Crippen LogP contribution in [0.3, 0.4) is 0 Å². The van der Waals surface area contributed by atoms with E-state index in [4.69, 9.17) is 12.2 Å². The van der Waals surface area contributed by atoms with Crippen molar-refractivity contribution in [3.05, 3.63) is 10.6 Å². The van der Waals surface area contributed by atoms with Crippen molar-refractivity contribution in [3.63, 3.8) is 0 Å². The summed E-state index contributed by atoms with van der Waals surface area (Å²) < 4.78 is 2.97. The first-order chi connectivity index (χ1) is 6.63. The summed E-state index contributed by atoms with van der Waals surface area (Å²) in [6.45, 7) is 4.32. The van der Waals surface area contributed by atoms with Gasteiger partial charge in [0.15, 0.2) is 4.77 Å². The second-order valence-corrected chi connectivity index (χ2v) is 4.86. The lowest BCUT2D eigenvalue weighted by Crippen LogP contribution is -2.33. The first kappa shape index (κ1) is 9.90. The van der Waals surface area contributed by atoms with Gasteiger partial charge in [-0.1, -0.05) is 19.3 Å². The Bertz CT molecular complexity index is 371. The first-order valence-electron chi connectivity index (χ1n) is 5.28. The van der Waals surface area contributed by atoms with Crippen molar-refractivity contribution in [1.82, 2.24) is 14.8 Å². The van der Waals surface area contributed by atoms with Crippen molar-refractivity contribution >= 4 is 12.2 Å². The molecule has 1 aliphatic rings. The van der Waals surface area contributed by atoms with Gasteiger partial charge in [-0.3, -0.25) is 9.67 Å². The molecular weight excluding hydrogens is 194 g/mol. The van der Waals surface area contributed by atoms with E-state index in [9.17, 15) is 0 Å². The third kappa shape index (κ3) is 1.52. The van der Waals surface area contributed by atoms with Gasteiger partial charge in [0.05, 0.1) is 0 Å². The second kappa shape index (κ2) is 3.50. The molecule has 1 fully saturated rings. The van der Waals surface area contributed by atoms with E-state index in [-0.39, 0.29) is 5.54 Å². The van der Waals surface area contributed by atoms with Gasteiger partial charge in [0.2, 0.25) is 0 Å². The molecule has 78 valence electrons. The number of nitrogens with one attached hydrogen (secondary N) is 1. The van der Waals surface area contributed by atoms with E-state index in [1.165, 1.54) is 32.1 Å². The van der Waals surface area contributed by atoms with Crippen LogP contribution >= 0.6 is 12.2 Å². The number of nitrogens with zero attached hydrogens (tertiary/aromatic N) is 2. The SMILES string of the molecule is Cc1n[nH]c(=S)n1C1(C)CCCCC1. The van der Waals surface area contributed by atoms with Crippen molar-refractivity contribution in [3.8, 4) is 0 Å². The Morgan fingerprint density at radius 2 is 2.00 bits per heavy atom. The summed E-state index contributed by atoms with van der Waals surface area (Å²) >= 11 is 5.27. The molecule has 0 amide bonds. The molecule has 0 spiro atoms. The summed E-state index contributed by atoms with van der Waals surface area (Å²) in [6.07, 6.45) is 6.43. The first-order valence-corrected chi connectivity index (χ1v) is 5.69. The summed E-state index contributed by atoms with van der Waals surface area (Å²) in [5, 5.41) is 7.06. The topological polar surface area (TPSA) is 33.6 Å². The molecule has 1 N–H and O–H groups in total. The Morgan fingerprint density at radius 3 is 2.50 bits per heavy atom. The van der Waals surface area contributed by atoms with Crippen molar-refractivity contribution in [2.75, 3.05) is 0 Å². The monoisotopic (exact) mass is 211 g/mol. The van der Waals surface area contributed by atoms with Crippen LogP contribution in [0.5, 0.6) is 0 Å². The molecule has 1 heterocycles. The number of aromatic nitrogens is 3. The van der Waals surface area contributed by atoms with E-state index in [2.05, 4.69) is 21.7 Å². The zero-order valence-electron chi connectivity index (χ0n) is 8.84. The Balaban J connectivity index is 2.41. The summed E-state index contributed by atoms with van der Waals surface area (Å²) in [5.74, 6) is 1.01. The zero-order chi connectivity index (χ0) is 10.2. The molecule has 3 nitrogen and oxygen atoms in total. The summed E-state index contributed by atoms with van der Waals surface area (Å²) in [4.78, 5) is 0. The third-order valence-electron chi connectivity index (χ3n) is 3.31. The largest absolute Gasteiger partial charge is 0.298 e. The van der Waals surface area contributed by atoms with Crippen LogP contribution in [0.25, 0.3) is 0 Å². The van der Waals surface area contributed by atoms with Gasteiger partial charge in [0.1, 0.15) is 5.82 Å². The number of hydrogen-bond acceptors (Lipinski definition) is 2. The van der Waals surface area contributed by atoms with Crippen LogP contribution in [0.2, 0.25) is 0 Å². The Labute approximate surface area is 89.5 Å². The van der Waals surface area contributed by atoms with Crippen LogP contribution in [-0.2, 0) is 5.54 Å². The van der Waals surface area contributed by atoms with Gasteiger partial charge in [-0.05, 0) is 38.9 Å². The smallest absolute Gasteiger partial charge is 0.195 e. The molecule has 0 radical (unpaired) electrons. The number of aryl methyl sites for hydroxylation is 1. The van der Waals surface area contributed by atoms with Crippen LogP contribution < -0.4 is 0 Å². The number of aromatic amines is 1. The maximum Gasteiger partial charge on any atom is 0.195 e. The molecule has 0 unspecified atom stereocenters. The van der Waals surface area contributed by atoms with E-state index in [0.717, 1.165) is 10.6 Å². The fraction of sp³-hybridized carbons (Fsp3) is 0.800. The molecule has 1 saturated carbocycles. The average Bonchev–Trinajstić information content (AvgIpc) is 2.48. The molecule has 0 atom stereocenters. The molecule has 0 aromatic carbocycles. The van der Waals surface area contributed by atoms with Gasteiger partial charge in [-0.15, -0.1) is 0 Å². The normalized spacial score (nSPS) is 21.0. The lowest BCUT2D eigenvalue weighted by molar-refractivity contribution is 0.212. The Kier molecular flexibility index (Phi) is 2.47. The molecule has 1 aromatic rings. The van der Waals surface area contributed by atoms with Crippen LogP contribution in [0.1, 0.15) is 44.9 Å². The van der Waals surface area contributed by atoms with Gasteiger partial charge in [0, 0.05) is 5.54 Å². The van der Waals surface area contributed by atoms with Gasteiger partial charge < -0.3 is 0 Å². The van der Waals surface area contributed by atoms with Crippen LogP contribution in [0.15, 0.2) is 0 Å². The third-order valence-corrected chi connectivity index (χ3v) is 3.58. The van der Waals surface area contributed by atoms with Crippen molar-refractivity contribution in [1.29, 1.82) is 0 Å². The number of H-pyrrole nitrogens is 1. The van der Waals surface area contributed by atoms with Crippen LogP contribution in [-0.4, -0.2) is 14.8 Å². The van der Waals surface area contributed by atoms with E-state index in [1.54, 1.807) is 0 Å². The summed E-state index contributed by atoms with van der Waals surface area (Å²) in [6, 6.07) is 0. The quantitative estimate of drug-likeness (QED) is 0.725. The van der Waals surface area contributed by atoms with Gasteiger partial charge in [-0.2, -0.15) is 5.10 Å². The highest BCUT2D eigenvalue weighted by molar-refractivity contribution is 7.71. The molecule has 4 heteroatoms. The molecule has 0 aliphatic heterocycles. The van der Waals surface area contributed by atoms with Gasteiger partial charge in [0.25, 0.3) is 0 Å².